The second kappa shape index (κ2) is 6.53. The molecule has 8 heteroatoms. The average molecular weight is 332 g/mol. The van der Waals surface area contributed by atoms with E-state index in [1.165, 1.54) is 24.3 Å². The summed E-state index contributed by atoms with van der Waals surface area (Å²) in [7, 11) is 0. The van der Waals surface area contributed by atoms with E-state index in [1.54, 1.807) is 6.07 Å². The van der Waals surface area contributed by atoms with Gasteiger partial charge in [0, 0.05) is 18.2 Å². The molecule has 2 aromatic rings. The Kier molecular flexibility index (Phi) is 4.28. The van der Waals surface area contributed by atoms with E-state index in [-0.39, 0.29) is 35.8 Å². The van der Waals surface area contributed by atoms with Crippen molar-refractivity contribution in [3.63, 3.8) is 0 Å². The molecule has 0 aromatic heterocycles. The zero-order valence-electron chi connectivity index (χ0n) is 12.5. The van der Waals surface area contributed by atoms with E-state index in [0.29, 0.717) is 6.61 Å². The monoisotopic (exact) mass is 332 g/mol. The van der Waals surface area contributed by atoms with Gasteiger partial charge in [0.25, 0.3) is 11.6 Å². The minimum atomic E-state index is -0.693. The molecule has 1 amide bonds. The van der Waals surface area contributed by atoms with Gasteiger partial charge < -0.3 is 14.8 Å². The van der Waals surface area contributed by atoms with Crippen LogP contribution in [-0.4, -0.2) is 24.0 Å². The van der Waals surface area contributed by atoms with E-state index >= 15 is 0 Å². The molecule has 24 heavy (non-hydrogen) atoms. The molecule has 0 radical (unpaired) electrons. The molecule has 1 aliphatic heterocycles. The lowest BCUT2D eigenvalue weighted by Crippen LogP contribution is -2.25. The number of benzene rings is 2. The normalized spacial score (nSPS) is 12.5. The third kappa shape index (κ3) is 3.12. The fraction of sp³-hybridized carbons (Fsp3) is 0.188. The van der Waals surface area contributed by atoms with Gasteiger partial charge in [-0.15, -0.1) is 0 Å². The van der Waals surface area contributed by atoms with Gasteiger partial charge in [0.05, 0.1) is 11.0 Å². The smallest absolute Gasteiger partial charge is 0.286 e. The van der Waals surface area contributed by atoms with Crippen LogP contribution in [0.25, 0.3) is 0 Å². The molecule has 2 aromatic carbocycles. The Hall–Kier alpha value is -3.16. The maximum atomic E-state index is 13.6. The molecule has 1 heterocycles. The highest BCUT2D eigenvalue weighted by Gasteiger charge is 2.26. The number of hydrogen-bond donors (Lipinski definition) is 1. The Balaban J connectivity index is 1.86. The second-order valence-corrected chi connectivity index (χ2v) is 5.04. The Labute approximate surface area is 136 Å². The number of ether oxygens (including phenoxy) is 2. The highest BCUT2D eigenvalue weighted by molar-refractivity contribution is 5.99. The third-order valence-electron chi connectivity index (χ3n) is 3.50. The minimum Gasteiger partial charge on any atom is -0.486 e. The number of hydrogen-bond acceptors (Lipinski definition) is 5. The third-order valence-corrected chi connectivity index (χ3v) is 3.50. The van der Waals surface area contributed by atoms with Crippen molar-refractivity contribution in [2.24, 2.45) is 0 Å². The first-order valence-corrected chi connectivity index (χ1v) is 7.16. The number of amides is 1. The molecular weight excluding hydrogens is 319 g/mol. The van der Waals surface area contributed by atoms with Crippen molar-refractivity contribution in [2.75, 3.05) is 13.2 Å². The molecule has 0 fully saturated rings. The summed E-state index contributed by atoms with van der Waals surface area (Å²) in [5.74, 6) is -0.669. The molecule has 0 atom stereocenters. The van der Waals surface area contributed by atoms with E-state index in [9.17, 15) is 19.3 Å². The first-order chi connectivity index (χ1) is 11.6. The molecule has 7 nitrogen and oxygen atoms in total. The summed E-state index contributed by atoms with van der Waals surface area (Å²) >= 11 is 0. The number of nitro benzene ring substituents is 1. The predicted molar refractivity (Wildman–Crippen MR) is 81.7 cm³/mol. The summed E-state index contributed by atoms with van der Waals surface area (Å²) in [6.07, 6.45) is 0. The van der Waals surface area contributed by atoms with E-state index < -0.39 is 22.3 Å². The summed E-state index contributed by atoms with van der Waals surface area (Å²) < 4.78 is 24.2. The van der Waals surface area contributed by atoms with Crippen molar-refractivity contribution < 1.29 is 23.6 Å². The van der Waals surface area contributed by atoms with E-state index in [2.05, 4.69) is 5.32 Å². The van der Waals surface area contributed by atoms with Crippen molar-refractivity contribution in [3.8, 4) is 11.5 Å². The van der Waals surface area contributed by atoms with Crippen LogP contribution < -0.4 is 14.8 Å². The average Bonchev–Trinajstić information content (AvgIpc) is 2.59. The first kappa shape index (κ1) is 15.7. The number of nitrogens with zero attached hydrogens (tertiary/aromatic N) is 1. The molecule has 0 spiro atoms. The maximum absolute atomic E-state index is 13.6. The fourth-order valence-corrected chi connectivity index (χ4v) is 2.32. The molecule has 0 bridgehead atoms. The van der Waals surface area contributed by atoms with Crippen molar-refractivity contribution in [1.82, 2.24) is 5.32 Å². The number of nitrogens with one attached hydrogen (secondary N) is 1. The summed E-state index contributed by atoms with van der Waals surface area (Å²) in [4.78, 5) is 22.8. The zero-order valence-corrected chi connectivity index (χ0v) is 12.5. The van der Waals surface area contributed by atoms with Gasteiger partial charge >= 0.3 is 0 Å². The van der Waals surface area contributed by atoms with E-state index in [0.717, 1.165) is 6.07 Å². The van der Waals surface area contributed by atoms with Gasteiger partial charge in [-0.2, -0.15) is 0 Å². The Morgan fingerprint density at radius 1 is 1.21 bits per heavy atom. The van der Waals surface area contributed by atoms with Crippen LogP contribution >= 0.6 is 0 Å². The maximum Gasteiger partial charge on any atom is 0.286 e. The minimum absolute atomic E-state index is 0.0862. The molecule has 0 unspecified atom stereocenters. The highest BCUT2D eigenvalue weighted by atomic mass is 19.1. The van der Waals surface area contributed by atoms with Gasteiger partial charge in [-0.05, 0) is 6.07 Å². The van der Waals surface area contributed by atoms with E-state index in [4.69, 9.17) is 9.47 Å². The van der Waals surface area contributed by atoms with Crippen LogP contribution in [-0.2, 0) is 6.54 Å². The Morgan fingerprint density at radius 3 is 2.54 bits per heavy atom. The number of nitro groups is 1. The van der Waals surface area contributed by atoms with Gasteiger partial charge in [-0.3, -0.25) is 14.9 Å². The molecular formula is C16H13FN2O5. The number of fused-ring (bicyclic) bond motifs is 1. The Bertz CT molecular complexity index is 809. The van der Waals surface area contributed by atoms with Crippen molar-refractivity contribution in [3.05, 3.63) is 63.5 Å². The summed E-state index contributed by atoms with van der Waals surface area (Å²) in [6.45, 7) is 0.487. The van der Waals surface area contributed by atoms with E-state index in [1.807, 2.05) is 0 Å². The number of carbonyl (C=O) groups excluding carboxylic acids is 1. The van der Waals surface area contributed by atoms with Gasteiger partial charge in [0.2, 0.25) is 0 Å². The number of carbonyl (C=O) groups is 1. The van der Waals surface area contributed by atoms with Crippen LogP contribution in [0, 0.1) is 15.9 Å². The zero-order chi connectivity index (χ0) is 17.1. The van der Waals surface area contributed by atoms with Crippen molar-refractivity contribution in [1.29, 1.82) is 0 Å². The fourth-order valence-electron chi connectivity index (χ4n) is 2.32. The predicted octanol–water partition coefficient (Wildman–Crippen LogP) is 2.44. The molecule has 0 saturated carbocycles. The molecule has 1 N–H and O–H groups in total. The van der Waals surface area contributed by atoms with Crippen LogP contribution in [0.15, 0.2) is 36.4 Å². The van der Waals surface area contributed by atoms with Gasteiger partial charge in [0.1, 0.15) is 24.6 Å². The van der Waals surface area contributed by atoms with Gasteiger partial charge in [-0.25, -0.2) is 4.39 Å². The second-order valence-electron chi connectivity index (χ2n) is 5.04. The first-order valence-electron chi connectivity index (χ1n) is 7.16. The lowest BCUT2D eigenvalue weighted by atomic mass is 10.1. The largest absolute Gasteiger partial charge is 0.486 e. The Morgan fingerprint density at radius 2 is 1.88 bits per heavy atom. The topological polar surface area (TPSA) is 90.7 Å². The molecule has 3 rings (SSSR count). The molecule has 0 saturated heterocycles. The number of rotatable bonds is 4. The van der Waals surface area contributed by atoms with Crippen LogP contribution in [0.2, 0.25) is 0 Å². The van der Waals surface area contributed by atoms with Crippen LogP contribution in [0.5, 0.6) is 11.5 Å². The standard InChI is InChI=1S/C16H13FN2O5/c17-12-4-2-1-3-10(12)9-18-16(20)11-7-14-15(24-6-5-23-14)8-13(11)19(21)22/h1-4,7-8H,5-6,9H2,(H,18,20). The quantitative estimate of drug-likeness (QED) is 0.686. The van der Waals surface area contributed by atoms with Gasteiger partial charge in [0.15, 0.2) is 11.5 Å². The number of halogens is 1. The molecule has 1 aliphatic rings. The lowest BCUT2D eigenvalue weighted by molar-refractivity contribution is -0.385. The molecule has 124 valence electrons. The van der Waals surface area contributed by atoms with Crippen LogP contribution in [0.3, 0.4) is 0 Å². The highest BCUT2D eigenvalue weighted by Crippen LogP contribution is 2.36. The van der Waals surface area contributed by atoms with Crippen molar-refractivity contribution >= 4 is 11.6 Å². The summed E-state index contributed by atoms with van der Waals surface area (Å²) in [5.41, 5.74) is -0.281. The molecule has 0 aliphatic carbocycles. The summed E-state index contributed by atoms with van der Waals surface area (Å²) in [6, 6.07) is 8.39. The van der Waals surface area contributed by atoms with Crippen LogP contribution in [0.1, 0.15) is 15.9 Å². The van der Waals surface area contributed by atoms with Crippen molar-refractivity contribution in [2.45, 2.75) is 6.54 Å². The summed E-state index contributed by atoms with van der Waals surface area (Å²) in [5, 5.41) is 13.7. The SMILES string of the molecule is O=C(NCc1ccccc1F)c1cc2c(cc1[N+](=O)[O-])OCCO2. The van der Waals surface area contributed by atoms with Crippen LogP contribution in [0.4, 0.5) is 10.1 Å². The van der Waals surface area contributed by atoms with Gasteiger partial charge in [-0.1, -0.05) is 18.2 Å². The lowest BCUT2D eigenvalue weighted by Gasteiger charge is -2.18.